The van der Waals surface area contributed by atoms with Gasteiger partial charge in [0.25, 0.3) is 0 Å². The number of nitrogens with zero attached hydrogens (tertiary/aromatic N) is 1. The van der Waals surface area contributed by atoms with E-state index in [4.69, 9.17) is 9.47 Å². The summed E-state index contributed by atoms with van der Waals surface area (Å²) in [5.74, 6) is 0.733. The zero-order valence-corrected chi connectivity index (χ0v) is 13.4. The first-order chi connectivity index (χ1) is 11.1. The highest BCUT2D eigenvalue weighted by molar-refractivity contribution is 5.91. The standard InChI is InChI=1S/C18H21NO4/c1-12-10-15(17(20)22-2)16-9-8-13(12)11-19(16)18(21)23-14-6-4-3-5-7-14/h3-7,10,12-13,16H,8-9,11H2,1-2H3/t12-,13?,16?/m0/s1. The Labute approximate surface area is 135 Å². The molecule has 2 aliphatic heterocycles. The molecule has 0 saturated carbocycles. The van der Waals surface area contributed by atoms with E-state index in [0.717, 1.165) is 12.8 Å². The summed E-state index contributed by atoms with van der Waals surface area (Å²) in [5.41, 5.74) is 0.574. The number of para-hydroxylation sites is 1. The molecule has 0 N–H and O–H groups in total. The summed E-state index contributed by atoms with van der Waals surface area (Å²) in [5, 5.41) is 0. The van der Waals surface area contributed by atoms with Crippen LogP contribution in [0.4, 0.5) is 4.79 Å². The zero-order valence-electron chi connectivity index (χ0n) is 13.4. The average Bonchev–Trinajstić information content (AvgIpc) is 2.82. The smallest absolute Gasteiger partial charge is 0.415 e. The van der Waals surface area contributed by atoms with Gasteiger partial charge in [0.2, 0.25) is 0 Å². The summed E-state index contributed by atoms with van der Waals surface area (Å²) in [6, 6.07) is 8.73. The van der Waals surface area contributed by atoms with E-state index in [1.807, 2.05) is 24.3 Å². The summed E-state index contributed by atoms with van der Waals surface area (Å²) < 4.78 is 10.4. The van der Waals surface area contributed by atoms with Gasteiger partial charge in [-0.25, -0.2) is 9.59 Å². The predicted octanol–water partition coefficient (Wildman–Crippen LogP) is 3.02. The lowest BCUT2D eigenvalue weighted by atomic mass is 9.88. The van der Waals surface area contributed by atoms with Crippen molar-refractivity contribution in [3.05, 3.63) is 42.0 Å². The van der Waals surface area contributed by atoms with Crippen molar-refractivity contribution in [2.75, 3.05) is 13.7 Å². The maximum atomic E-state index is 12.6. The number of fused-ring (bicyclic) bond motifs is 3. The maximum absolute atomic E-state index is 12.6. The van der Waals surface area contributed by atoms with Crippen LogP contribution >= 0.6 is 0 Å². The quantitative estimate of drug-likeness (QED) is 0.787. The number of methoxy groups -OCH3 is 1. The third kappa shape index (κ3) is 3.09. The first-order valence-corrected chi connectivity index (χ1v) is 7.93. The Balaban J connectivity index is 1.84. The number of carbonyl (C=O) groups is 2. The maximum Gasteiger partial charge on any atom is 0.415 e. The van der Waals surface area contributed by atoms with E-state index in [-0.39, 0.29) is 17.9 Å². The summed E-state index contributed by atoms with van der Waals surface area (Å²) in [4.78, 5) is 26.4. The third-order valence-corrected chi connectivity index (χ3v) is 4.77. The summed E-state index contributed by atoms with van der Waals surface area (Å²) >= 11 is 0. The fourth-order valence-corrected chi connectivity index (χ4v) is 3.45. The molecule has 0 aromatic heterocycles. The second-order valence-electron chi connectivity index (χ2n) is 6.16. The summed E-state index contributed by atoms with van der Waals surface area (Å²) in [6.07, 6.45) is 3.32. The Hall–Kier alpha value is -2.30. The highest BCUT2D eigenvalue weighted by atomic mass is 16.6. The van der Waals surface area contributed by atoms with Crippen molar-refractivity contribution in [3.63, 3.8) is 0 Å². The molecule has 23 heavy (non-hydrogen) atoms. The van der Waals surface area contributed by atoms with Crippen molar-refractivity contribution < 1.29 is 19.1 Å². The minimum atomic E-state index is -0.408. The van der Waals surface area contributed by atoms with Gasteiger partial charge in [-0.1, -0.05) is 31.2 Å². The number of hydrogen-bond donors (Lipinski definition) is 0. The van der Waals surface area contributed by atoms with Gasteiger partial charge in [-0.3, -0.25) is 0 Å². The van der Waals surface area contributed by atoms with Gasteiger partial charge in [0.1, 0.15) is 5.75 Å². The normalized spacial score (nSPS) is 26.3. The van der Waals surface area contributed by atoms with Gasteiger partial charge in [-0.15, -0.1) is 0 Å². The second-order valence-corrected chi connectivity index (χ2v) is 6.16. The number of piperidine rings is 1. The first kappa shape index (κ1) is 15.6. The molecule has 5 nitrogen and oxygen atoms in total. The lowest BCUT2D eigenvalue weighted by Gasteiger charge is -2.37. The van der Waals surface area contributed by atoms with Crippen LogP contribution in [0.5, 0.6) is 5.75 Å². The van der Waals surface area contributed by atoms with E-state index in [1.165, 1.54) is 7.11 Å². The molecule has 122 valence electrons. The van der Waals surface area contributed by atoms with Crippen LogP contribution in [0.25, 0.3) is 0 Å². The Morgan fingerprint density at radius 2 is 1.91 bits per heavy atom. The molecule has 3 aliphatic rings. The number of hydrogen-bond acceptors (Lipinski definition) is 4. The van der Waals surface area contributed by atoms with E-state index in [9.17, 15) is 9.59 Å². The number of ether oxygens (including phenoxy) is 2. The Bertz CT molecular complexity index is 625. The molecule has 0 radical (unpaired) electrons. The molecule has 1 aromatic rings. The highest BCUT2D eigenvalue weighted by Gasteiger charge is 2.41. The van der Waals surface area contributed by atoms with Crippen molar-refractivity contribution in [2.24, 2.45) is 11.8 Å². The van der Waals surface area contributed by atoms with Crippen molar-refractivity contribution >= 4 is 12.1 Å². The minimum Gasteiger partial charge on any atom is -0.466 e. The molecule has 2 bridgehead atoms. The lowest BCUT2D eigenvalue weighted by molar-refractivity contribution is -0.136. The molecular weight excluding hydrogens is 294 g/mol. The molecule has 4 rings (SSSR count). The minimum absolute atomic E-state index is 0.239. The van der Waals surface area contributed by atoms with Crippen LogP contribution in [0, 0.1) is 11.8 Å². The number of benzene rings is 1. The predicted molar refractivity (Wildman–Crippen MR) is 84.9 cm³/mol. The Morgan fingerprint density at radius 1 is 1.17 bits per heavy atom. The fourth-order valence-electron chi connectivity index (χ4n) is 3.45. The third-order valence-electron chi connectivity index (χ3n) is 4.77. The lowest BCUT2D eigenvalue weighted by Crippen LogP contribution is -2.49. The SMILES string of the molecule is COC(=O)C1=C[C@H](C)C2CCC1N(C(=O)Oc1ccccc1)C2. The van der Waals surface area contributed by atoms with Crippen LogP contribution in [0.1, 0.15) is 19.8 Å². The van der Waals surface area contributed by atoms with Gasteiger partial charge in [0.15, 0.2) is 0 Å². The molecule has 2 unspecified atom stereocenters. The monoisotopic (exact) mass is 315 g/mol. The van der Waals surface area contributed by atoms with E-state index >= 15 is 0 Å². The second kappa shape index (κ2) is 6.44. The molecule has 1 aliphatic carbocycles. The molecular formula is C18H21NO4. The largest absolute Gasteiger partial charge is 0.466 e. The number of allylic oxidation sites excluding steroid dienone is 1. The van der Waals surface area contributed by atoms with E-state index in [0.29, 0.717) is 23.8 Å². The van der Waals surface area contributed by atoms with Gasteiger partial charge in [0.05, 0.1) is 18.7 Å². The molecule has 1 fully saturated rings. The number of esters is 1. The molecule has 1 saturated heterocycles. The Kier molecular flexibility index (Phi) is 4.37. The Morgan fingerprint density at radius 3 is 2.61 bits per heavy atom. The first-order valence-electron chi connectivity index (χ1n) is 7.93. The van der Waals surface area contributed by atoms with Crippen LogP contribution in [-0.2, 0) is 9.53 Å². The molecule has 2 heterocycles. The summed E-state index contributed by atoms with van der Waals surface area (Å²) in [7, 11) is 1.37. The van der Waals surface area contributed by atoms with Gasteiger partial charge in [-0.2, -0.15) is 0 Å². The van der Waals surface area contributed by atoms with Crippen molar-refractivity contribution in [1.82, 2.24) is 4.90 Å². The number of amides is 1. The van der Waals surface area contributed by atoms with Crippen LogP contribution in [-0.4, -0.2) is 36.7 Å². The van der Waals surface area contributed by atoms with Crippen molar-refractivity contribution in [2.45, 2.75) is 25.8 Å². The van der Waals surface area contributed by atoms with Crippen LogP contribution < -0.4 is 4.74 Å². The van der Waals surface area contributed by atoms with Gasteiger partial charge < -0.3 is 14.4 Å². The van der Waals surface area contributed by atoms with Crippen LogP contribution in [0.2, 0.25) is 0 Å². The van der Waals surface area contributed by atoms with E-state index in [2.05, 4.69) is 6.92 Å². The molecule has 1 amide bonds. The van der Waals surface area contributed by atoms with Crippen molar-refractivity contribution in [1.29, 1.82) is 0 Å². The number of rotatable bonds is 2. The van der Waals surface area contributed by atoms with E-state index < -0.39 is 6.09 Å². The number of carbonyl (C=O) groups excluding carboxylic acids is 2. The van der Waals surface area contributed by atoms with E-state index in [1.54, 1.807) is 17.0 Å². The van der Waals surface area contributed by atoms with Crippen LogP contribution in [0.3, 0.4) is 0 Å². The molecule has 0 spiro atoms. The molecule has 5 heteroatoms. The van der Waals surface area contributed by atoms with Crippen molar-refractivity contribution in [3.8, 4) is 5.75 Å². The van der Waals surface area contributed by atoms with Gasteiger partial charge >= 0.3 is 12.1 Å². The highest BCUT2D eigenvalue weighted by Crippen LogP contribution is 2.37. The average molecular weight is 315 g/mol. The van der Waals surface area contributed by atoms with Crippen LogP contribution in [0.15, 0.2) is 42.0 Å². The fraction of sp³-hybridized carbons (Fsp3) is 0.444. The summed E-state index contributed by atoms with van der Waals surface area (Å²) in [6.45, 7) is 2.69. The van der Waals surface area contributed by atoms with Gasteiger partial charge in [0, 0.05) is 6.54 Å². The molecule has 1 aromatic carbocycles. The van der Waals surface area contributed by atoms with Gasteiger partial charge in [-0.05, 0) is 36.8 Å². The zero-order chi connectivity index (χ0) is 16.4. The molecule has 3 atom stereocenters. The topological polar surface area (TPSA) is 55.8 Å².